The Hall–Kier alpha value is -3.21. The first-order valence-electron chi connectivity index (χ1n) is 7.71. The number of fused-ring (bicyclic) bond motifs is 1. The molecule has 2 aromatic carbocycles. The number of pyridine rings is 1. The summed E-state index contributed by atoms with van der Waals surface area (Å²) in [6.45, 7) is 0.631. The van der Waals surface area contributed by atoms with Crippen molar-refractivity contribution in [1.29, 1.82) is 0 Å². The van der Waals surface area contributed by atoms with Gasteiger partial charge in [0.15, 0.2) is 5.82 Å². The van der Waals surface area contributed by atoms with Crippen molar-refractivity contribution >= 4 is 17.2 Å². The second-order valence-electron chi connectivity index (χ2n) is 5.55. The lowest BCUT2D eigenvalue weighted by molar-refractivity contribution is 0.415. The van der Waals surface area contributed by atoms with Gasteiger partial charge in [0, 0.05) is 5.56 Å². The fraction of sp³-hybridized carbons (Fsp3) is 0.105. The Bertz CT molecular complexity index is 895. The van der Waals surface area contributed by atoms with E-state index in [1.54, 1.807) is 19.2 Å². The molecule has 0 amide bonds. The number of nitrogens with zero attached hydrogens (tertiary/aromatic N) is 2. The SMILES string of the molecule is COc1ccccc1N1CNc2ccc(-c3cccc(O)c3)nc21. The number of rotatable bonds is 3. The third-order valence-corrected chi connectivity index (χ3v) is 4.08. The van der Waals surface area contributed by atoms with Crippen LogP contribution in [0.3, 0.4) is 0 Å². The summed E-state index contributed by atoms with van der Waals surface area (Å²) in [6.07, 6.45) is 0. The van der Waals surface area contributed by atoms with E-state index in [0.717, 1.165) is 34.2 Å². The molecular weight excluding hydrogens is 302 g/mol. The summed E-state index contributed by atoms with van der Waals surface area (Å²) in [5.41, 5.74) is 3.63. The van der Waals surface area contributed by atoms with E-state index in [1.165, 1.54) is 0 Å². The topological polar surface area (TPSA) is 57.6 Å². The maximum absolute atomic E-state index is 9.70. The molecule has 2 N–H and O–H groups in total. The van der Waals surface area contributed by atoms with Crippen molar-refractivity contribution in [2.75, 3.05) is 24.0 Å². The standard InChI is InChI=1S/C19H17N3O2/c1-24-18-8-3-2-7-17(18)22-12-20-16-10-9-15(21-19(16)22)13-5-4-6-14(23)11-13/h2-11,20,23H,12H2,1H3. The van der Waals surface area contributed by atoms with E-state index < -0.39 is 0 Å². The molecule has 0 aliphatic carbocycles. The summed E-state index contributed by atoms with van der Waals surface area (Å²) in [7, 11) is 1.67. The highest BCUT2D eigenvalue weighted by Crippen LogP contribution is 2.40. The van der Waals surface area contributed by atoms with Gasteiger partial charge in [-0.25, -0.2) is 4.98 Å². The van der Waals surface area contributed by atoms with Crippen LogP contribution in [0.25, 0.3) is 11.3 Å². The number of hydrogen-bond donors (Lipinski definition) is 2. The molecular formula is C19H17N3O2. The summed E-state index contributed by atoms with van der Waals surface area (Å²) < 4.78 is 5.47. The zero-order valence-corrected chi connectivity index (χ0v) is 13.2. The molecule has 120 valence electrons. The van der Waals surface area contributed by atoms with Gasteiger partial charge in [0.05, 0.1) is 30.8 Å². The van der Waals surface area contributed by atoms with Crippen molar-refractivity contribution in [1.82, 2.24) is 4.98 Å². The summed E-state index contributed by atoms with van der Waals surface area (Å²) in [5, 5.41) is 13.0. The van der Waals surface area contributed by atoms with Gasteiger partial charge in [-0.2, -0.15) is 0 Å². The van der Waals surface area contributed by atoms with Crippen LogP contribution in [0.15, 0.2) is 60.7 Å². The third kappa shape index (κ3) is 2.40. The Kier molecular flexibility index (Phi) is 3.46. The molecule has 5 heteroatoms. The average molecular weight is 319 g/mol. The molecule has 1 aliphatic heterocycles. The summed E-state index contributed by atoms with van der Waals surface area (Å²) in [5.74, 6) is 1.88. The third-order valence-electron chi connectivity index (χ3n) is 4.08. The number of ether oxygens (including phenoxy) is 1. The highest BCUT2D eigenvalue weighted by Gasteiger charge is 2.24. The van der Waals surface area contributed by atoms with Gasteiger partial charge in [-0.15, -0.1) is 0 Å². The molecule has 1 aromatic heterocycles. The van der Waals surface area contributed by atoms with Gasteiger partial charge in [0.25, 0.3) is 0 Å². The highest BCUT2D eigenvalue weighted by molar-refractivity contribution is 5.82. The number of hydrogen-bond acceptors (Lipinski definition) is 5. The average Bonchev–Trinajstić information content (AvgIpc) is 3.04. The van der Waals surface area contributed by atoms with Crippen molar-refractivity contribution in [2.24, 2.45) is 0 Å². The molecule has 0 unspecified atom stereocenters. The monoisotopic (exact) mass is 319 g/mol. The Morgan fingerprint density at radius 1 is 1.08 bits per heavy atom. The second kappa shape index (κ2) is 5.77. The fourth-order valence-electron chi connectivity index (χ4n) is 2.91. The van der Waals surface area contributed by atoms with E-state index in [-0.39, 0.29) is 5.75 Å². The number of methoxy groups -OCH3 is 1. The van der Waals surface area contributed by atoms with E-state index >= 15 is 0 Å². The van der Waals surface area contributed by atoms with Crippen LogP contribution in [0.4, 0.5) is 17.2 Å². The molecule has 4 rings (SSSR count). The van der Waals surface area contributed by atoms with Crippen LogP contribution in [-0.4, -0.2) is 23.9 Å². The Morgan fingerprint density at radius 2 is 1.96 bits per heavy atom. The number of aromatic nitrogens is 1. The van der Waals surface area contributed by atoms with Gasteiger partial charge in [0.1, 0.15) is 11.5 Å². The Morgan fingerprint density at radius 3 is 2.79 bits per heavy atom. The van der Waals surface area contributed by atoms with Crippen molar-refractivity contribution < 1.29 is 9.84 Å². The minimum absolute atomic E-state index is 0.231. The molecule has 0 saturated heterocycles. The molecule has 0 spiro atoms. The predicted molar refractivity (Wildman–Crippen MR) is 95.0 cm³/mol. The molecule has 0 atom stereocenters. The minimum Gasteiger partial charge on any atom is -0.508 e. The highest BCUT2D eigenvalue weighted by atomic mass is 16.5. The number of benzene rings is 2. The van der Waals surface area contributed by atoms with Gasteiger partial charge < -0.3 is 20.1 Å². The Balaban J connectivity index is 1.79. The van der Waals surface area contributed by atoms with Crippen molar-refractivity contribution in [3.05, 3.63) is 60.7 Å². The van der Waals surface area contributed by atoms with Gasteiger partial charge >= 0.3 is 0 Å². The van der Waals surface area contributed by atoms with E-state index in [2.05, 4.69) is 10.2 Å². The van der Waals surface area contributed by atoms with Crippen LogP contribution in [0.5, 0.6) is 11.5 Å². The maximum atomic E-state index is 9.70. The Labute approximate surface area is 140 Å². The zero-order valence-electron chi connectivity index (χ0n) is 13.2. The number of phenols is 1. The molecule has 0 radical (unpaired) electrons. The van der Waals surface area contributed by atoms with Crippen LogP contribution in [-0.2, 0) is 0 Å². The number of phenolic OH excluding ortho intramolecular Hbond substituents is 1. The van der Waals surface area contributed by atoms with E-state index in [1.807, 2.05) is 48.5 Å². The zero-order chi connectivity index (χ0) is 16.5. The lowest BCUT2D eigenvalue weighted by Gasteiger charge is -2.20. The van der Waals surface area contributed by atoms with Crippen LogP contribution in [0.2, 0.25) is 0 Å². The van der Waals surface area contributed by atoms with E-state index in [9.17, 15) is 5.11 Å². The largest absolute Gasteiger partial charge is 0.508 e. The van der Waals surface area contributed by atoms with Crippen LogP contribution in [0.1, 0.15) is 0 Å². The maximum Gasteiger partial charge on any atom is 0.158 e. The lowest BCUT2D eigenvalue weighted by Crippen LogP contribution is -2.17. The summed E-state index contributed by atoms with van der Waals surface area (Å²) >= 11 is 0. The number of nitrogens with one attached hydrogen (secondary N) is 1. The molecule has 1 aliphatic rings. The lowest BCUT2D eigenvalue weighted by atomic mass is 10.1. The van der Waals surface area contributed by atoms with Gasteiger partial charge in [0.2, 0.25) is 0 Å². The first-order chi connectivity index (χ1) is 11.8. The van der Waals surface area contributed by atoms with Crippen molar-refractivity contribution in [3.8, 4) is 22.8 Å². The van der Waals surface area contributed by atoms with Crippen molar-refractivity contribution in [3.63, 3.8) is 0 Å². The van der Waals surface area contributed by atoms with E-state index in [0.29, 0.717) is 6.67 Å². The van der Waals surface area contributed by atoms with E-state index in [4.69, 9.17) is 9.72 Å². The molecule has 24 heavy (non-hydrogen) atoms. The van der Waals surface area contributed by atoms with Gasteiger partial charge in [-0.05, 0) is 36.4 Å². The molecule has 0 saturated carbocycles. The fourth-order valence-corrected chi connectivity index (χ4v) is 2.91. The van der Waals surface area contributed by atoms with Crippen molar-refractivity contribution in [2.45, 2.75) is 0 Å². The quantitative estimate of drug-likeness (QED) is 0.764. The number of aromatic hydroxyl groups is 1. The normalized spacial score (nSPS) is 12.6. The van der Waals surface area contributed by atoms with Crippen LogP contribution in [0, 0.1) is 0 Å². The molecule has 0 bridgehead atoms. The van der Waals surface area contributed by atoms with Gasteiger partial charge in [-0.1, -0.05) is 24.3 Å². The number of anilines is 3. The van der Waals surface area contributed by atoms with Gasteiger partial charge in [-0.3, -0.25) is 0 Å². The molecule has 2 heterocycles. The first kappa shape index (κ1) is 14.4. The van der Waals surface area contributed by atoms with Crippen LogP contribution >= 0.6 is 0 Å². The molecule has 0 fully saturated rings. The molecule has 3 aromatic rings. The second-order valence-corrected chi connectivity index (χ2v) is 5.55. The summed E-state index contributed by atoms with van der Waals surface area (Å²) in [6, 6.07) is 19.0. The predicted octanol–water partition coefficient (Wildman–Crippen LogP) is 3.98. The number of para-hydroxylation sites is 2. The molecule has 5 nitrogen and oxygen atoms in total. The summed E-state index contributed by atoms with van der Waals surface area (Å²) in [4.78, 5) is 6.88. The smallest absolute Gasteiger partial charge is 0.158 e. The van der Waals surface area contributed by atoms with Crippen LogP contribution < -0.4 is 15.0 Å². The minimum atomic E-state index is 0.231. The first-order valence-corrected chi connectivity index (χ1v) is 7.71.